The summed E-state index contributed by atoms with van der Waals surface area (Å²) in [7, 11) is 0. The third kappa shape index (κ3) is 3.93. The third-order valence-electron chi connectivity index (χ3n) is 3.36. The SMILES string of the molecule is O=C(Oc1ccc(/C=C/c2ccncc2)cc1)c1ccccc1F. The van der Waals surface area contributed by atoms with Gasteiger partial charge in [0.25, 0.3) is 0 Å². The Morgan fingerprint density at radius 3 is 2.17 bits per heavy atom. The second-order valence-corrected chi connectivity index (χ2v) is 5.05. The summed E-state index contributed by atoms with van der Waals surface area (Å²) in [5, 5.41) is 0. The number of pyridine rings is 1. The molecule has 2 aromatic carbocycles. The van der Waals surface area contributed by atoms with Gasteiger partial charge < -0.3 is 4.74 Å². The quantitative estimate of drug-likeness (QED) is 0.521. The Hall–Kier alpha value is -3.27. The van der Waals surface area contributed by atoms with Gasteiger partial charge >= 0.3 is 5.97 Å². The lowest BCUT2D eigenvalue weighted by Crippen LogP contribution is -2.10. The maximum absolute atomic E-state index is 13.6. The molecule has 0 aliphatic carbocycles. The molecule has 0 aliphatic rings. The zero-order chi connectivity index (χ0) is 16.8. The predicted octanol–water partition coefficient (Wildman–Crippen LogP) is 4.61. The second kappa shape index (κ2) is 7.33. The first kappa shape index (κ1) is 15.6. The van der Waals surface area contributed by atoms with Crippen LogP contribution in [-0.4, -0.2) is 11.0 Å². The van der Waals surface area contributed by atoms with Crippen LogP contribution in [0.15, 0.2) is 73.1 Å². The van der Waals surface area contributed by atoms with Crippen LogP contribution in [0.5, 0.6) is 5.75 Å². The molecule has 0 saturated carbocycles. The fourth-order valence-corrected chi connectivity index (χ4v) is 2.10. The Morgan fingerprint density at radius 1 is 0.875 bits per heavy atom. The van der Waals surface area contributed by atoms with Crippen molar-refractivity contribution in [3.05, 3.63) is 95.6 Å². The van der Waals surface area contributed by atoms with Crippen molar-refractivity contribution < 1.29 is 13.9 Å². The maximum atomic E-state index is 13.6. The molecule has 0 unspecified atom stereocenters. The third-order valence-corrected chi connectivity index (χ3v) is 3.36. The van der Waals surface area contributed by atoms with Crippen molar-refractivity contribution in [3.63, 3.8) is 0 Å². The normalized spacial score (nSPS) is 10.7. The summed E-state index contributed by atoms with van der Waals surface area (Å²) in [6, 6.07) is 16.5. The van der Waals surface area contributed by atoms with E-state index in [4.69, 9.17) is 4.74 Å². The van der Waals surface area contributed by atoms with Crippen LogP contribution in [-0.2, 0) is 0 Å². The first-order valence-corrected chi connectivity index (χ1v) is 7.37. The van der Waals surface area contributed by atoms with E-state index in [0.717, 1.165) is 11.1 Å². The van der Waals surface area contributed by atoms with Crippen molar-refractivity contribution in [2.24, 2.45) is 0 Å². The smallest absolute Gasteiger partial charge is 0.346 e. The molecule has 0 saturated heterocycles. The van der Waals surface area contributed by atoms with Gasteiger partial charge in [0, 0.05) is 12.4 Å². The predicted molar refractivity (Wildman–Crippen MR) is 91.0 cm³/mol. The molecule has 1 aromatic heterocycles. The summed E-state index contributed by atoms with van der Waals surface area (Å²) < 4.78 is 18.7. The molecule has 3 rings (SSSR count). The molecule has 1 heterocycles. The van der Waals surface area contributed by atoms with Crippen LogP contribution in [0.25, 0.3) is 12.2 Å². The number of nitrogens with zero attached hydrogens (tertiary/aromatic N) is 1. The molecule has 3 aromatic rings. The van der Waals surface area contributed by atoms with Gasteiger partial charge in [-0.3, -0.25) is 4.98 Å². The van der Waals surface area contributed by atoms with Gasteiger partial charge in [0.1, 0.15) is 11.6 Å². The van der Waals surface area contributed by atoms with Crippen molar-refractivity contribution in [2.45, 2.75) is 0 Å². The number of benzene rings is 2. The van der Waals surface area contributed by atoms with Gasteiger partial charge in [-0.15, -0.1) is 0 Å². The molecule has 0 fully saturated rings. The van der Waals surface area contributed by atoms with Gasteiger partial charge in [0.05, 0.1) is 5.56 Å². The van der Waals surface area contributed by atoms with Crippen molar-refractivity contribution >= 4 is 18.1 Å². The van der Waals surface area contributed by atoms with Crippen molar-refractivity contribution in [1.29, 1.82) is 0 Å². The van der Waals surface area contributed by atoms with Gasteiger partial charge in [-0.2, -0.15) is 0 Å². The van der Waals surface area contributed by atoms with Crippen LogP contribution in [0.3, 0.4) is 0 Å². The van der Waals surface area contributed by atoms with Crippen LogP contribution in [0.1, 0.15) is 21.5 Å². The van der Waals surface area contributed by atoms with E-state index in [-0.39, 0.29) is 5.56 Å². The Kier molecular flexibility index (Phi) is 4.77. The molecular formula is C20H14FNO2. The number of esters is 1. The minimum absolute atomic E-state index is 0.0841. The van der Waals surface area contributed by atoms with E-state index in [1.54, 1.807) is 30.6 Å². The number of hydrogen-bond acceptors (Lipinski definition) is 3. The van der Waals surface area contributed by atoms with Gasteiger partial charge in [-0.25, -0.2) is 9.18 Å². The van der Waals surface area contributed by atoms with E-state index >= 15 is 0 Å². The highest BCUT2D eigenvalue weighted by Gasteiger charge is 2.12. The number of hydrogen-bond donors (Lipinski definition) is 0. The second-order valence-electron chi connectivity index (χ2n) is 5.05. The molecule has 0 radical (unpaired) electrons. The van der Waals surface area contributed by atoms with Gasteiger partial charge in [-0.1, -0.05) is 36.4 Å². The standard InChI is InChI=1S/C20H14FNO2/c21-19-4-2-1-3-18(19)20(23)24-17-9-7-15(8-10-17)5-6-16-11-13-22-14-12-16/h1-14H/b6-5+. The van der Waals surface area contributed by atoms with Gasteiger partial charge in [0.15, 0.2) is 0 Å². The first-order chi connectivity index (χ1) is 11.7. The Labute approximate surface area is 139 Å². The fraction of sp³-hybridized carbons (Fsp3) is 0. The van der Waals surface area contributed by atoms with E-state index in [1.807, 2.05) is 36.4 Å². The van der Waals surface area contributed by atoms with Crippen molar-refractivity contribution in [1.82, 2.24) is 4.98 Å². The fourth-order valence-electron chi connectivity index (χ4n) is 2.10. The van der Waals surface area contributed by atoms with Crippen molar-refractivity contribution in [2.75, 3.05) is 0 Å². The molecule has 0 bridgehead atoms. The van der Waals surface area contributed by atoms with Crippen molar-refractivity contribution in [3.8, 4) is 5.75 Å². The number of carbonyl (C=O) groups is 1. The molecule has 0 amide bonds. The average Bonchev–Trinajstić information content (AvgIpc) is 2.62. The van der Waals surface area contributed by atoms with Crippen LogP contribution >= 0.6 is 0 Å². The topological polar surface area (TPSA) is 39.2 Å². The van der Waals surface area contributed by atoms with E-state index in [9.17, 15) is 9.18 Å². The minimum atomic E-state index is -0.715. The summed E-state index contributed by atoms with van der Waals surface area (Å²) in [6.45, 7) is 0. The molecule has 118 valence electrons. The van der Waals surface area contributed by atoms with Crippen LogP contribution < -0.4 is 4.74 Å². The maximum Gasteiger partial charge on any atom is 0.346 e. The Balaban J connectivity index is 1.68. The molecule has 0 N–H and O–H groups in total. The highest BCUT2D eigenvalue weighted by Crippen LogP contribution is 2.17. The summed E-state index contributed by atoms with van der Waals surface area (Å²) in [5.74, 6) is -0.947. The van der Waals surface area contributed by atoms with Crippen LogP contribution in [0, 0.1) is 5.82 Å². The van der Waals surface area contributed by atoms with Crippen LogP contribution in [0.4, 0.5) is 4.39 Å². The summed E-state index contributed by atoms with van der Waals surface area (Å²) >= 11 is 0. The molecule has 0 spiro atoms. The number of carbonyl (C=O) groups excluding carboxylic acids is 1. The summed E-state index contributed by atoms with van der Waals surface area (Å²) in [4.78, 5) is 15.9. The number of aromatic nitrogens is 1. The zero-order valence-electron chi connectivity index (χ0n) is 12.7. The lowest BCUT2D eigenvalue weighted by Gasteiger charge is -2.05. The first-order valence-electron chi connectivity index (χ1n) is 7.37. The van der Waals surface area contributed by atoms with Crippen LogP contribution in [0.2, 0.25) is 0 Å². The van der Waals surface area contributed by atoms with E-state index in [0.29, 0.717) is 5.75 Å². The summed E-state index contributed by atoms with van der Waals surface area (Å²) in [6.07, 6.45) is 7.36. The zero-order valence-corrected chi connectivity index (χ0v) is 12.7. The molecule has 24 heavy (non-hydrogen) atoms. The highest BCUT2D eigenvalue weighted by molar-refractivity contribution is 5.91. The lowest BCUT2D eigenvalue weighted by molar-refractivity contribution is 0.0730. The van der Waals surface area contributed by atoms with E-state index in [2.05, 4.69) is 4.98 Å². The number of halogens is 1. The Morgan fingerprint density at radius 2 is 1.50 bits per heavy atom. The number of ether oxygens (including phenoxy) is 1. The number of rotatable bonds is 4. The average molecular weight is 319 g/mol. The molecule has 4 heteroatoms. The largest absolute Gasteiger partial charge is 0.423 e. The monoisotopic (exact) mass is 319 g/mol. The highest BCUT2D eigenvalue weighted by atomic mass is 19.1. The molecule has 0 aliphatic heterocycles. The summed E-state index contributed by atoms with van der Waals surface area (Å²) in [5.41, 5.74) is 1.91. The van der Waals surface area contributed by atoms with E-state index < -0.39 is 11.8 Å². The van der Waals surface area contributed by atoms with E-state index in [1.165, 1.54) is 18.2 Å². The lowest BCUT2D eigenvalue weighted by atomic mass is 10.1. The molecule has 3 nitrogen and oxygen atoms in total. The van der Waals surface area contributed by atoms with Gasteiger partial charge in [-0.05, 0) is 47.5 Å². The Bertz CT molecular complexity index is 858. The minimum Gasteiger partial charge on any atom is -0.423 e. The molecule has 0 atom stereocenters. The van der Waals surface area contributed by atoms with Gasteiger partial charge in [0.2, 0.25) is 0 Å². The molecular weight excluding hydrogens is 305 g/mol.